The standard InChI is InChI=1S/C18H19NO2/c1-11-4-2-3-5-14(11)10-19-17(20)15-12-6-7-13(9-8-12)16(15)18(19)21/h2-7,12-13,15-16H,8-10H2,1H3/t12-,13-,15+,16+/m1/s1. The van der Waals surface area contributed by atoms with E-state index in [2.05, 4.69) is 12.2 Å². The summed E-state index contributed by atoms with van der Waals surface area (Å²) in [5.41, 5.74) is 2.20. The molecule has 0 aromatic heterocycles. The van der Waals surface area contributed by atoms with Gasteiger partial charge in [-0.25, -0.2) is 0 Å². The first-order chi connectivity index (χ1) is 10.2. The molecule has 4 atom stereocenters. The van der Waals surface area contributed by atoms with Crippen LogP contribution in [-0.4, -0.2) is 16.7 Å². The van der Waals surface area contributed by atoms with E-state index in [1.807, 2.05) is 31.2 Å². The smallest absolute Gasteiger partial charge is 0.234 e. The summed E-state index contributed by atoms with van der Waals surface area (Å²) < 4.78 is 0. The van der Waals surface area contributed by atoms with E-state index in [0.29, 0.717) is 6.54 Å². The third kappa shape index (κ3) is 1.80. The van der Waals surface area contributed by atoms with Gasteiger partial charge in [-0.1, -0.05) is 36.4 Å². The van der Waals surface area contributed by atoms with Crippen LogP contribution in [-0.2, 0) is 16.1 Å². The molecule has 1 saturated heterocycles. The van der Waals surface area contributed by atoms with Gasteiger partial charge in [0, 0.05) is 0 Å². The number of likely N-dealkylation sites (tertiary alicyclic amines) is 1. The van der Waals surface area contributed by atoms with E-state index < -0.39 is 0 Å². The lowest BCUT2D eigenvalue weighted by Gasteiger charge is -2.38. The van der Waals surface area contributed by atoms with Gasteiger partial charge in [0.2, 0.25) is 11.8 Å². The summed E-state index contributed by atoms with van der Waals surface area (Å²) in [6, 6.07) is 7.98. The predicted octanol–water partition coefficient (Wildman–Crippen LogP) is 2.69. The number of rotatable bonds is 2. The molecule has 1 heterocycles. The molecule has 1 aromatic carbocycles. The van der Waals surface area contributed by atoms with Crippen LogP contribution in [0.15, 0.2) is 36.4 Å². The topological polar surface area (TPSA) is 37.4 Å². The second-order valence-electron chi connectivity index (χ2n) is 6.53. The van der Waals surface area contributed by atoms with Crippen LogP contribution in [0, 0.1) is 30.6 Å². The number of allylic oxidation sites excluding steroid dienone is 2. The largest absolute Gasteiger partial charge is 0.278 e. The van der Waals surface area contributed by atoms with Gasteiger partial charge in [-0.15, -0.1) is 0 Å². The quantitative estimate of drug-likeness (QED) is 0.617. The molecule has 21 heavy (non-hydrogen) atoms. The molecule has 1 aliphatic heterocycles. The van der Waals surface area contributed by atoms with E-state index in [0.717, 1.165) is 24.0 Å². The second-order valence-corrected chi connectivity index (χ2v) is 6.53. The van der Waals surface area contributed by atoms with Crippen molar-refractivity contribution in [2.75, 3.05) is 0 Å². The SMILES string of the molecule is Cc1ccccc1CN1C(=O)[C@@H]2[C@@H](C1=O)[C@@H]1C=C[C@@H]2CC1. The maximum Gasteiger partial charge on any atom is 0.234 e. The summed E-state index contributed by atoms with van der Waals surface area (Å²) in [6.07, 6.45) is 6.44. The Hall–Kier alpha value is -1.90. The summed E-state index contributed by atoms with van der Waals surface area (Å²) in [7, 11) is 0. The number of amides is 2. The summed E-state index contributed by atoms with van der Waals surface area (Å²) in [4.78, 5) is 27.0. The minimum Gasteiger partial charge on any atom is -0.278 e. The highest BCUT2D eigenvalue weighted by molar-refractivity contribution is 6.06. The van der Waals surface area contributed by atoms with Crippen molar-refractivity contribution in [3.63, 3.8) is 0 Å². The van der Waals surface area contributed by atoms with Crippen LogP contribution in [0.3, 0.4) is 0 Å². The van der Waals surface area contributed by atoms with Crippen molar-refractivity contribution in [3.05, 3.63) is 47.5 Å². The molecule has 0 N–H and O–H groups in total. The Morgan fingerprint density at radius 2 is 1.57 bits per heavy atom. The molecular formula is C18H19NO2. The number of aryl methyl sites for hydroxylation is 1. The van der Waals surface area contributed by atoms with E-state index >= 15 is 0 Å². The molecule has 0 radical (unpaired) electrons. The number of carbonyl (C=O) groups excluding carboxylic acids is 2. The Balaban J connectivity index is 1.65. The van der Waals surface area contributed by atoms with Gasteiger partial charge < -0.3 is 0 Å². The molecule has 5 rings (SSSR count). The van der Waals surface area contributed by atoms with Crippen molar-refractivity contribution in [3.8, 4) is 0 Å². The van der Waals surface area contributed by atoms with Gasteiger partial charge in [0.05, 0.1) is 18.4 Å². The van der Waals surface area contributed by atoms with Crippen molar-refractivity contribution in [1.29, 1.82) is 0 Å². The second kappa shape index (κ2) is 4.55. The first-order valence-electron chi connectivity index (χ1n) is 7.75. The lowest BCUT2D eigenvalue weighted by atomic mass is 9.63. The highest BCUT2D eigenvalue weighted by Gasteiger charge is 2.56. The molecule has 1 aromatic rings. The zero-order chi connectivity index (χ0) is 14.6. The molecule has 2 bridgehead atoms. The number of fused-ring (bicyclic) bond motifs is 1. The summed E-state index contributed by atoms with van der Waals surface area (Å²) in [5.74, 6) is 0.465. The Labute approximate surface area is 124 Å². The molecule has 4 aliphatic rings. The van der Waals surface area contributed by atoms with Crippen LogP contribution < -0.4 is 0 Å². The number of hydrogen-bond donors (Lipinski definition) is 0. The molecule has 2 amide bonds. The van der Waals surface area contributed by atoms with Crippen LogP contribution in [0.2, 0.25) is 0 Å². The number of imide groups is 1. The van der Waals surface area contributed by atoms with Gasteiger partial charge in [0.15, 0.2) is 0 Å². The molecule has 108 valence electrons. The zero-order valence-corrected chi connectivity index (χ0v) is 12.2. The summed E-state index contributed by atoms with van der Waals surface area (Å²) in [6.45, 7) is 2.45. The molecule has 3 aliphatic carbocycles. The Bertz CT molecular complexity index is 616. The van der Waals surface area contributed by atoms with Crippen LogP contribution in [0.25, 0.3) is 0 Å². The fraction of sp³-hybridized carbons (Fsp3) is 0.444. The lowest BCUT2D eigenvalue weighted by Crippen LogP contribution is -2.38. The molecular weight excluding hydrogens is 262 g/mol. The molecule has 3 heteroatoms. The van der Waals surface area contributed by atoms with Crippen LogP contribution in [0.4, 0.5) is 0 Å². The predicted molar refractivity (Wildman–Crippen MR) is 79.1 cm³/mol. The highest BCUT2D eigenvalue weighted by Crippen LogP contribution is 2.49. The number of hydrogen-bond acceptors (Lipinski definition) is 2. The van der Waals surface area contributed by atoms with Crippen molar-refractivity contribution >= 4 is 11.8 Å². The fourth-order valence-corrected chi connectivity index (χ4v) is 4.25. The first-order valence-corrected chi connectivity index (χ1v) is 7.75. The maximum absolute atomic E-state index is 12.7. The minimum atomic E-state index is -0.0923. The molecule has 2 fully saturated rings. The van der Waals surface area contributed by atoms with E-state index in [-0.39, 0.29) is 35.5 Å². The van der Waals surface area contributed by atoms with E-state index in [1.165, 1.54) is 4.90 Å². The lowest BCUT2D eigenvalue weighted by molar-refractivity contribution is -0.140. The van der Waals surface area contributed by atoms with E-state index in [4.69, 9.17) is 0 Å². The average molecular weight is 281 g/mol. The minimum absolute atomic E-state index is 0.0484. The number of nitrogens with zero attached hydrogens (tertiary/aromatic N) is 1. The van der Waals surface area contributed by atoms with Gasteiger partial charge in [0.1, 0.15) is 0 Å². The van der Waals surface area contributed by atoms with Crippen LogP contribution in [0.1, 0.15) is 24.0 Å². The van der Waals surface area contributed by atoms with Crippen LogP contribution >= 0.6 is 0 Å². The fourth-order valence-electron chi connectivity index (χ4n) is 4.25. The van der Waals surface area contributed by atoms with Crippen molar-refractivity contribution < 1.29 is 9.59 Å². The maximum atomic E-state index is 12.7. The van der Waals surface area contributed by atoms with Gasteiger partial charge in [-0.3, -0.25) is 14.5 Å². The van der Waals surface area contributed by atoms with Crippen molar-refractivity contribution in [2.45, 2.75) is 26.3 Å². The molecule has 1 saturated carbocycles. The third-order valence-electron chi connectivity index (χ3n) is 5.44. The van der Waals surface area contributed by atoms with E-state index in [9.17, 15) is 9.59 Å². The van der Waals surface area contributed by atoms with Gasteiger partial charge in [-0.05, 0) is 42.7 Å². The Morgan fingerprint density at radius 1 is 1.00 bits per heavy atom. The normalized spacial score (nSPS) is 33.7. The monoisotopic (exact) mass is 281 g/mol. The summed E-state index contributed by atoms with van der Waals surface area (Å²) in [5, 5.41) is 0. The number of benzene rings is 1. The number of carbonyl (C=O) groups is 2. The van der Waals surface area contributed by atoms with Crippen molar-refractivity contribution in [1.82, 2.24) is 4.90 Å². The Kier molecular flexibility index (Phi) is 2.78. The Morgan fingerprint density at radius 3 is 2.10 bits per heavy atom. The highest BCUT2D eigenvalue weighted by atomic mass is 16.2. The molecule has 0 unspecified atom stereocenters. The average Bonchev–Trinajstić information content (AvgIpc) is 2.78. The first kappa shape index (κ1) is 12.8. The summed E-state index contributed by atoms with van der Waals surface area (Å²) >= 11 is 0. The van der Waals surface area contributed by atoms with Crippen LogP contribution in [0.5, 0.6) is 0 Å². The van der Waals surface area contributed by atoms with Crippen molar-refractivity contribution in [2.24, 2.45) is 23.7 Å². The van der Waals surface area contributed by atoms with Gasteiger partial charge >= 0.3 is 0 Å². The van der Waals surface area contributed by atoms with Gasteiger partial charge in [-0.2, -0.15) is 0 Å². The molecule has 3 nitrogen and oxygen atoms in total. The third-order valence-corrected chi connectivity index (χ3v) is 5.44. The van der Waals surface area contributed by atoms with Gasteiger partial charge in [0.25, 0.3) is 0 Å². The van der Waals surface area contributed by atoms with E-state index in [1.54, 1.807) is 0 Å². The zero-order valence-electron chi connectivity index (χ0n) is 12.2. The molecule has 0 spiro atoms.